The molecule has 1 saturated heterocycles. The molecule has 0 spiro atoms. The number of carboxylic acids is 1. The minimum absolute atomic E-state index is 0.0191. The Labute approximate surface area is 201 Å². The van der Waals surface area contributed by atoms with Crippen molar-refractivity contribution in [3.05, 3.63) is 64.2 Å². The topological polar surface area (TPSA) is 89.9 Å². The lowest BCUT2D eigenvalue weighted by atomic mass is 10.1. The fraction of sp³-hybridized carbons (Fsp3) is 0.292. The lowest BCUT2D eigenvalue weighted by Gasteiger charge is -2.37. The molecule has 178 valence electrons. The van der Waals surface area contributed by atoms with E-state index >= 15 is 4.39 Å². The zero-order chi connectivity index (χ0) is 24.4. The van der Waals surface area contributed by atoms with Gasteiger partial charge < -0.3 is 34.3 Å². The number of methoxy groups -OCH3 is 1. The van der Waals surface area contributed by atoms with Crippen LogP contribution >= 0.6 is 12.2 Å². The number of carbonyl (C=O) groups is 1. The minimum Gasteiger partial charge on any atom is -0.545 e. The molecule has 0 atom stereocenters. The number of halogens is 1. The first-order valence-corrected chi connectivity index (χ1v) is 11.3. The first kappa shape index (κ1) is 23.5. The summed E-state index contributed by atoms with van der Waals surface area (Å²) in [4.78, 5) is 27.8. The number of aryl methyl sites for hydroxylation is 1. The highest BCUT2D eigenvalue weighted by Crippen LogP contribution is 2.27. The van der Waals surface area contributed by atoms with E-state index < -0.39 is 22.8 Å². The lowest BCUT2D eigenvalue weighted by molar-refractivity contribution is -0.255. The second-order valence-electron chi connectivity index (χ2n) is 7.87. The fourth-order valence-electron chi connectivity index (χ4n) is 4.14. The molecular formula is C24H24FN4O4S-. The summed E-state index contributed by atoms with van der Waals surface area (Å²) < 4.78 is 22.0. The van der Waals surface area contributed by atoms with Crippen LogP contribution in [-0.4, -0.2) is 53.8 Å². The van der Waals surface area contributed by atoms with Crippen molar-refractivity contribution in [3.63, 3.8) is 0 Å². The van der Waals surface area contributed by atoms with Crippen molar-refractivity contribution < 1.29 is 19.0 Å². The Bertz CT molecular complexity index is 1320. The number of piperazine rings is 1. The molecule has 2 aromatic carbocycles. The van der Waals surface area contributed by atoms with Crippen molar-refractivity contribution in [2.24, 2.45) is 0 Å². The number of carboxylic acid groups (broad SMARTS) is 1. The van der Waals surface area contributed by atoms with Crippen LogP contribution in [0.3, 0.4) is 0 Å². The van der Waals surface area contributed by atoms with Crippen LogP contribution in [0.25, 0.3) is 10.9 Å². The summed E-state index contributed by atoms with van der Waals surface area (Å²) in [7, 11) is 1.60. The molecule has 1 fully saturated rings. The van der Waals surface area contributed by atoms with Gasteiger partial charge >= 0.3 is 0 Å². The van der Waals surface area contributed by atoms with Crippen LogP contribution in [0, 0.1) is 5.82 Å². The standard InChI is InChI=1S/C24H25FN4O4S/c1-3-27-14-16(23(31)32)22(30)15-12-17(25)20(13-19(15)27)28-8-10-29(11-9-28)24(34)26-18-6-4-5-7-21(18)33-2/h4-7,12-14H,3,8-11H2,1-2H3,(H,26,34)(H,31,32)/p-1. The molecule has 0 amide bonds. The van der Waals surface area contributed by atoms with E-state index in [1.165, 1.54) is 6.20 Å². The number of aromatic carboxylic acids is 1. The number of aromatic nitrogens is 1. The maximum Gasteiger partial charge on any atom is 0.198 e. The van der Waals surface area contributed by atoms with E-state index in [2.05, 4.69) is 5.32 Å². The first-order valence-electron chi connectivity index (χ1n) is 10.9. The molecule has 4 rings (SSSR count). The van der Waals surface area contributed by atoms with Gasteiger partial charge in [-0.15, -0.1) is 0 Å². The van der Waals surface area contributed by atoms with Gasteiger partial charge in [0.1, 0.15) is 11.6 Å². The van der Waals surface area contributed by atoms with E-state index in [0.717, 1.165) is 11.8 Å². The molecule has 3 aromatic rings. The van der Waals surface area contributed by atoms with Gasteiger partial charge in [-0.3, -0.25) is 4.79 Å². The van der Waals surface area contributed by atoms with E-state index in [1.54, 1.807) is 17.7 Å². The van der Waals surface area contributed by atoms with Gasteiger partial charge in [-0.05, 0) is 43.4 Å². The third kappa shape index (κ3) is 4.41. The van der Waals surface area contributed by atoms with Crippen molar-refractivity contribution in [3.8, 4) is 5.75 Å². The van der Waals surface area contributed by atoms with Gasteiger partial charge in [-0.25, -0.2) is 4.39 Å². The van der Waals surface area contributed by atoms with Gasteiger partial charge in [0.2, 0.25) is 0 Å². The molecule has 1 aliphatic heterocycles. The molecule has 34 heavy (non-hydrogen) atoms. The average Bonchev–Trinajstić information content (AvgIpc) is 2.84. The second-order valence-corrected chi connectivity index (χ2v) is 8.26. The summed E-state index contributed by atoms with van der Waals surface area (Å²) >= 11 is 5.56. The molecule has 0 saturated carbocycles. The second kappa shape index (κ2) is 9.68. The van der Waals surface area contributed by atoms with Gasteiger partial charge in [0.15, 0.2) is 10.5 Å². The maximum absolute atomic E-state index is 15.1. The number of rotatable bonds is 5. The highest BCUT2D eigenvalue weighted by Gasteiger charge is 2.23. The summed E-state index contributed by atoms with van der Waals surface area (Å²) in [6, 6.07) is 10.2. The lowest BCUT2D eigenvalue weighted by Crippen LogP contribution is -2.50. The number of benzene rings is 2. The number of hydrogen-bond donors (Lipinski definition) is 1. The third-order valence-electron chi connectivity index (χ3n) is 5.97. The Kier molecular flexibility index (Phi) is 6.69. The van der Waals surface area contributed by atoms with Crippen molar-refractivity contribution in [2.45, 2.75) is 13.5 Å². The molecule has 0 radical (unpaired) electrons. The van der Waals surface area contributed by atoms with Crippen molar-refractivity contribution in [1.29, 1.82) is 0 Å². The SMILES string of the molecule is CCn1cc(C(=O)[O-])c(=O)c2cc(F)c(N3CCN(C(=S)Nc4ccccc4OC)CC3)cc21. The summed E-state index contributed by atoms with van der Waals surface area (Å²) in [6.45, 7) is 4.41. The van der Waals surface area contributed by atoms with Gasteiger partial charge in [0, 0.05) is 44.3 Å². The summed E-state index contributed by atoms with van der Waals surface area (Å²) in [5, 5.41) is 15.1. The van der Waals surface area contributed by atoms with Crippen LogP contribution in [-0.2, 0) is 6.54 Å². The number of pyridine rings is 1. The van der Waals surface area contributed by atoms with E-state index in [4.69, 9.17) is 17.0 Å². The van der Waals surface area contributed by atoms with Crippen molar-refractivity contribution in [1.82, 2.24) is 9.47 Å². The molecule has 0 bridgehead atoms. The van der Waals surface area contributed by atoms with Gasteiger partial charge in [0.25, 0.3) is 0 Å². The number of carbonyl (C=O) groups excluding carboxylic acids is 1. The monoisotopic (exact) mass is 483 g/mol. The highest BCUT2D eigenvalue weighted by atomic mass is 32.1. The van der Waals surface area contributed by atoms with Crippen molar-refractivity contribution in [2.75, 3.05) is 43.5 Å². The molecule has 1 N–H and O–H groups in total. The largest absolute Gasteiger partial charge is 0.545 e. The zero-order valence-corrected chi connectivity index (χ0v) is 19.7. The molecule has 0 unspecified atom stereocenters. The van der Waals surface area contributed by atoms with Crippen LogP contribution in [0.15, 0.2) is 47.4 Å². The Balaban J connectivity index is 1.54. The van der Waals surface area contributed by atoms with Crippen molar-refractivity contribution >= 4 is 45.6 Å². The first-order chi connectivity index (χ1) is 16.3. The minimum atomic E-state index is -1.58. The number of para-hydroxylation sites is 2. The van der Waals surface area contributed by atoms with E-state index in [1.807, 2.05) is 41.0 Å². The Morgan fingerprint density at radius 1 is 1.21 bits per heavy atom. The number of nitrogens with zero attached hydrogens (tertiary/aromatic N) is 3. The quantitative estimate of drug-likeness (QED) is 0.552. The summed E-state index contributed by atoms with van der Waals surface area (Å²) in [5.74, 6) is -1.47. The summed E-state index contributed by atoms with van der Waals surface area (Å²) in [6.07, 6.45) is 1.25. The molecule has 2 heterocycles. The molecule has 0 aliphatic carbocycles. The van der Waals surface area contributed by atoms with Crippen LogP contribution in [0.1, 0.15) is 17.3 Å². The summed E-state index contributed by atoms with van der Waals surface area (Å²) in [5.41, 5.74) is 0.378. The molecule has 8 nitrogen and oxygen atoms in total. The van der Waals surface area contributed by atoms with E-state index in [-0.39, 0.29) is 5.39 Å². The molecule has 1 aromatic heterocycles. The number of thiocarbonyl (C=S) groups is 1. The fourth-order valence-corrected chi connectivity index (χ4v) is 4.43. The van der Waals surface area contributed by atoms with Crippen LogP contribution in [0.4, 0.5) is 15.8 Å². The number of anilines is 2. The van der Waals surface area contributed by atoms with Gasteiger partial charge in [0.05, 0.1) is 35.5 Å². The Morgan fingerprint density at radius 2 is 1.91 bits per heavy atom. The number of hydrogen-bond acceptors (Lipinski definition) is 6. The maximum atomic E-state index is 15.1. The smallest absolute Gasteiger partial charge is 0.198 e. The highest BCUT2D eigenvalue weighted by molar-refractivity contribution is 7.80. The van der Waals surface area contributed by atoms with Crippen LogP contribution in [0.5, 0.6) is 5.75 Å². The number of fused-ring (bicyclic) bond motifs is 1. The molecule has 1 aliphatic rings. The van der Waals surface area contributed by atoms with E-state index in [9.17, 15) is 14.7 Å². The molecule has 10 heteroatoms. The Hall–Kier alpha value is -3.66. The molecular weight excluding hydrogens is 459 g/mol. The third-order valence-corrected chi connectivity index (χ3v) is 6.33. The van der Waals surface area contributed by atoms with Crippen LogP contribution in [0.2, 0.25) is 0 Å². The normalized spacial score (nSPS) is 13.7. The Morgan fingerprint density at radius 3 is 2.56 bits per heavy atom. The predicted molar refractivity (Wildman–Crippen MR) is 131 cm³/mol. The average molecular weight is 484 g/mol. The predicted octanol–water partition coefficient (Wildman–Crippen LogP) is 2.05. The zero-order valence-electron chi connectivity index (χ0n) is 18.8. The number of ether oxygens (including phenoxy) is 1. The number of nitrogens with one attached hydrogen (secondary N) is 1. The van der Waals surface area contributed by atoms with E-state index in [0.29, 0.717) is 54.8 Å². The van der Waals surface area contributed by atoms with Gasteiger partial charge in [-0.1, -0.05) is 12.1 Å². The van der Waals surface area contributed by atoms with Gasteiger partial charge in [-0.2, -0.15) is 0 Å². The van der Waals surface area contributed by atoms with Crippen LogP contribution < -0.4 is 25.5 Å².